The van der Waals surface area contributed by atoms with Crippen LogP contribution in [0.5, 0.6) is 0 Å². The van der Waals surface area contributed by atoms with E-state index in [2.05, 4.69) is 5.32 Å². The maximum atomic E-state index is 12.6. The predicted octanol–water partition coefficient (Wildman–Crippen LogP) is 4.95. The fourth-order valence-electron chi connectivity index (χ4n) is 2.88. The minimum Gasteiger partial charge on any atom is -0.367 e. The molecule has 4 rings (SSSR count). The van der Waals surface area contributed by atoms with E-state index < -0.39 is 0 Å². The van der Waals surface area contributed by atoms with Crippen LogP contribution < -0.4 is 5.32 Å². The molecule has 26 heavy (non-hydrogen) atoms. The number of imide groups is 1. The summed E-state index contributed by atoms with van der Waals surface area (Å²) in [5.74, 6) is -0.267. The zero-order valence-electron chi connectivity index (χ0n) is 13.9. The van der Waals surface area contributed by atoms with Crippen molar-refractivity contribution in [1.82, 2.24) is 4.90 Å². The molecule has 2 amide bonds. The van der Waals surface area contributed by atoms with Crippen molar-refractivity contribution in [2.45, 2.75) is 0 Å². The number of amides is 2. The van der Waals surface area contributed by atoms with Crippen molar-refractivity contribution in [2.75, 3.05) is 12.0 Å². The number of thioether (sulfide) groups is 1. The summed E-state index contributed by atoms with van der Waals surface area (Å²) in [6.45, 7) is 0.144. The predicted molar refractivity (Wildman–Crippen MR) is 107 cm³/mol. The van der Waals surface area contributed by atoms with Gasteiger partial charge in [-0.3, -0.25) is 14.5 Å². The van der Waals surface area contributed by atoms with Gasteiger partial charge in [0.25, 0.3) is 11.1 Å². The first-order valence-corrected chi connectivity index (χ1v) is 9.06. The zero-order valence-corrected chi connectivity index (χ0v) is 14.7. The van der Waals surface area contributed by atoms with E-state index in [0.29, 0.717) is 4.91 Å². The van der Waals surface area contributed by atoms with Gasteiger partial charge in [0.1, 0.15) is 0 Å². The molecule has 4 nitrogen and oxygen atoms in total. The molecule has 0 spiro atoms. The monoisotopic (exact) mass is 360 g/mol. The molecule has 1 N–H and O–H groups in total. The van der Waals surface area contributed by atoms with Gasteiger partial charge >= 0.3 is 0 Å². The molecule has 0 saturated carbocycles. The number of rotatable bonds is 4. The fraction of sp³-hybridized carbons (Fsp3) is 0.0476. The Morgan fingerprint density at radius 2 is 1.62 bits per heavy atom. The maximum Gasteiger partial charge on any atom is 0.295 e. The van der Waals surface area contributed by atoms with Crippen LogP contribution in [0.2, 0.25) is 0 Å². The summed E-state index contributed by atoms with van der Waals surface area (Å²) in [6, 6.07) is 23.5. The van der Waals surface area contributed by atoms with Crippen molar-refractivity contribution in [1.29, 1.82) is 0 Å². The quantitative estimate of drug-likeness (QED) is 0.669. The molecule has 0 atom stereocenters. The van der Waals surface area contributed by atoms with Crippen LogP contribution in [0, 0.1) is 0 Å². The van der Waals surface area contributed by atoms with E-state index in [1.807, 2.05) is 72.8 Å². The second kappa shape index (κ2) is 7.06. The first-order chi connectivity index (χ1) is 12.7. The summed E-state index contributed by atoms with van der Waals surface area (Å²) in [7, 11) is 0. The Kier molecular flexibility index (Phi) is 4.46. The van der Waals surface area contributed by atoms with E-state index >= 15 is 0 Å². The van der Waals surface area contributed by atoms with Crippen molar-refractivity contribution < 1.29 is 9.59 Å². The Bertz CT molecular complexity index is 1010. The number of anilines is 1. The molecule has 1 aliphatic rings. The summed E-state index contributed by atoms with van der Waals surface area (Å²) < 4.78 is 0. The number of hydrogen-bond donors (Lipinski definition) is 1. The van der Waals surface area contributed by atoms with Crippen molar-refractivity contribution in [2.24, 2.45) is 0 Å². The molecule has 0 unspecified atom stereocenters. The first-order valence-electron chi connectivity index (χ1n) is 8.24. The molecule has 0 radical (unpaired) electrons. The number of carbonyl (C=O) groups excluding carboxylic acids is 2. The minimum absolute atomic E-state index is 0.144. The van der Waals surface area contributed by atoms with Crippen molar-refractivity contribution >= 4 is 45.4 Å². The van der Waals surface area contributed by atoms with E-state index in [9.17, 15) is 9.59 Å². The molecule has 3 aromatic carbocycles. The number of benzene rings is 3. The molecule has 0 bridgehead atoms. The minimum atomic E-state index is -0.267. The number of nitrogens with one attached hydrogen (secondary N) is 1. The smallest absolute Gasteiger partial charge is 0.295 e. The maximum absolute atomic E-state index is 12.6. The number of fused-ring (bicyclic) bond motifs is 1. The standard InChI is InChI=1S/C21H16N2O2S/c24-20-19(13-15-7-2-1-3-8-15)26-21(25)23(20)14-22-18-12-6-10-16-9-4-5-11-17(16)18/h1-13,22H,14H2/b19-13+. The molecular formula is C21H16N2O2S. The average Bonchev–Trinajstić information content (AvgIpc) is 2.94. The first kappa shape index (κ1) is 16.4. The van der Waals surface area contributed by atoms with Crippen LogP contribution in [0.25, 0.3) is 16.8 Å². The van der Waals surface area contributed by atoms with Crippen LogP contribution in [0.15, 0.2) is 77.7 Å². The van der Waals surface area contributed by atoms with Crippen molar-refractivity contribution in [3.63, 3.8) is 0 Å². The molecule has 1 fully saturated rings. The number of carbonyl (C=O) groups is 2. The van der Waals surface area contributed by atoms with Gasteiger partial charge in [-0.15, -0.1) is 0 Å². The third kappa shape index (κ3) is 3.21. The summed E-state index contributed by atoms with van der Waals surface area (Å²) in [6.07, 6.45) is 1.75. The van der Waals surface area contributed by atoms with Crippen LogP contribution in [0.1, 0.15) is 5.56 Å². The Labute approximate surface area is 155 Å². The van der Waals surface area contributed by atoms with Crippen molar-refractivity contribution in [3.8, 4) is 0 Å². The van der Waals surface area contributed by atoms with Gasteiger partial charge in [-0.2, -0.15) is 0 Å². The number of nitrogens with zero attached hydrogens (tertiary/aromatic N) is 1. The van der Waals surface area contributed by atoms with Crippen LogP contribution in [0.4, 0.5) is 10.5 Å². The molecule has 1 aliphatic heterocycles. The summed E-state index contributed by atoms with van der Waals surface area (Å²) in [5, 5.41) is 5.12. The van der Waals surface area contributed by atoms with E-state index in [-0.39, 0.29) is 17.8 Å². The van der Waals surface area contributed by atoms with E-state index in [4.69, 9.17) is 0 Å². The highest BCUT2D eigenvalue weighted by molar-refractivity contribution is 8.18. The van der Waals surface area contributed by atoms with Gasteiger partial charge in [-0.05, 0) is 34.9 Å². The second-order valence-electron chi connectivity index (χ2n) is 5.88. The summed E-state index contributed by atoms with van der Waals surface area (Å²) in [4.78, 5) is 26.5. The lowest BCUT2D eigenvalue weighted by Crippen LogP contribution is -2.33. The molecular weight excluding hydrogens is 344 g/mol. The Hall–Kier alpha value is -3.05. The Morgan fingerprint density at radius 3 is 2.46 bits per heavy atom. The van der Waals surface area contributed by atoms with Crippen LogP contribution in [-0.2, 0) is 4.79 Å². The molecule has 1 saturated heterocycles. The van der Waals surface area contributed by atoms with Crippen LogP contribution >= 0.6 is 11.8 Å². The third-order valence-corrected chi connectivity index (χ3v) is 5.10. The topological polar surface area (TPSA) is 49.4 Å². The molecule has 0 aromatic heterocycles. The highest BCUT2D eigenvalue weighted by Crippen LogP contribution is 2.32. The number of hydrogen-bond acceptors (Lipinski definition) is 4. The largest absolute Gasteiger partial charge is 0.367 e. The average molecular weight is 360 g/mol. The van der Waals surface area contributed by atoms with Crippen LogP contribution in [-0.4, -0.2) is 22.7 Å². The van der Waals surface area contributed by atoms with Gasteiger partial charge in [0.15, 0.2) is 0 Å². The van der Waals surface area contributed by atoms with Gasteiger partial charge in [-0.1, -0.05) is 66.7 Å². The summed E-state index contributed by atoms with van der Waals surface area (Å²) >= 11 is 0.974. The van der Waals surface area contributed by atoms with Gasteiger partial charge < -0.3 is 5.32 Å². The molecule has 3 aromatic rings. The highest BCUT2D eigenvalue weighted by atomic mass is 32.2. The third-order valence-electron chi connectivity index (χ3n) is 4.19. The molecule has 0 aliphatic carbocycles. The highest BCUT2D eigenvalue weighted by Gasteiger charge is 2.34. The van der Waals surface area contributed by atoms with Crippen LogP contribution in [0.3, 0.4) is 0 Å². The molecule has 128 valence electrons. The van der Waals surface area contributed by atoms with E-state index in [1.54, 1.807) is 6.08 Å². The van der Waals surface area contributed by atoms with Gasteiger partial charge in [0.05, 0.1) is 11.6 Å². The lowest BCUT2D eigenvalue weighted by molar-refractivity contribution is -0.122. The van der Waals surface area contributed by atoms with Gasteiger partial charge in [0.2, 0.25) is 0 Å². The van der Waals surface area contributed by atoms with Gasteiger partial charge in [0, 0.05) is 11.1 Å². The zero-order chi connectivity index (χ0) is 17.9. The normalized spacial score (nSPS) is 15.8. The Balaban J connectivity index is 1.52. The SMILES string of the molecule is O=C1S/C(=C/c2ccccc2)C(=O)N1CNc1cccc2ccccc12. The fourth-order valence-corrected chi connectivity index (χ4v) is 3.72. The van der Waals surface area contributed by atoms with Crippen molar-refractivity contribution in [3.05, 3.63) is 83.3 Å². The Morgan fingerprint density at radius 1 is 0.885 bits per heavy atom. The lowest BCUT2D eigenvalue weighted by Gasteiger charge is -2.15. The lowest BCUT2D eigenvalue weighted by atomic mass is 10.1. The molecule has 5 heteroatoms. The van der Waals surface area contributed by atoms with Gasteiger partial charge in [-0.25, -0.2) is 0 Å². The van der Waals surface area contributed by atoms with E-state index in [0.717, 1.165) is 33.8 Å². The second-order valence-corrected chi connectivity index (χ2v) is 6.88. The molecule has 1 heterocycles. The summed E-state index contributed by atoms with van der Waals surface area (Å²) in [5.41, 5.74) is 1.80. The van der Waals surface area contributed by atoms with E-state index in [1.165, 1.54) is 4.90 Å².